The van der Waals surface area contributed by atoms with Crippen LogP contribution in [0.3, 0.4) is 0 Å². The van der Waals surface area contributed by atoms with Crippen molar-refractivity contribution >= 4 is 23.7 Å². The van der Waals surface area contributed by atoms with E-state index in [1.165, 1.54) is 12.7 Å². The molecular formula is C28H35F3N4O6. The van der Waals surface area contributed by atoms with Crippen molar-refractivity contribution in [2.45, 2.75) is 57.8 Å². The van der Waals surface area contributed by atoms with Crippen molar-refractivity contribution in [1.29, 1.82) is 0 Å². The summed E-state index contributed by atoms with van der Waals surface area (Å²) in [5, 5.41) is 12.8. The minimum absolute atomic E-state index is 0.0329. The number of nitrogens with one attached hydrogen (secondary N) is 2. The summed E-state index contributed by atoms with van der Waals surface area (Å²) in [7, 11) is 3.09. The fourth-order valence-corrected chi connectivity index (χ4v) is 4.20. The van der Waals surface area contributed by atoms with Gasteiger partial charge in [0.05, 0.1) is 26.7 Å². The Morgan fingerprint density at radius 3 is 2.32 bits per heavy atom. The van der Waals surface area contributed by atoms with Crippen molar-refractivity contribution in [2.24, 2.45) is 16.6 Å². The lowest BCUT2D eigenvalue weighted by Gasteiger charge is -2.20. The van der Waals surface area contributed by atoms with E-state index < -0.39 is 18.2 Å². The Hall–Kier alpha value is -4.29. The van der Waals surface area contributed by atoms with E-state index in [0.29, 0.717) is 17.9 Å². The van der Waals surface area contributed by atoms with E-state index in [-0.39, 0.29) is 36.2 Å². The monoisotopic (exact) mass is 580 g/mol. The number of alkyl halides is 3. The van der Waals surface area contributed by atoms with Gasteiger partial charge in [-0.25, -0.2) is 9.79 Å². The Bertz CT molecular complexity index is 1250. The Kier molecular flexibility index (Phi) is 12.0. The molecule has 13 heteroatoms. The number of aliphatic imine (C=N–C) groups is 1. The first kappa shape index (κ1) is 32.9. The first-order chi connectivity index (χ1) is 19.2. The highest BCUT2D eigenvalue weighted by Crippen LogP contribution is 2.31. The summed E-state index contributed by atoms with van der Waals surface area (Å²) in [5.74, 6) is -2.00. The summed E-state index contributed by atoms with van der Waals surface area (Å²) in [6.07, 6.45) is -2.68. The molecule has 2 aromatic rings. The predicted molar refractivity (Wildman–Crippen MR) is 146 cm³/mol. The summed E-state index contributed by atoms with van der Waals surface area (Å²) in [5.41, 5.74) is 9.17. The second-order valence-electron chi connectivity index (χ2n) is 9.68. The van der Waals surface area contributed by atoms with Crippen LogP contribution in [0.1, 0.15) is 49.4 Å². The third kappa shape index (κ3) is 10.3. The number of carboxylic acids is 1. The fourth-order valence-electron chi connectivity index (χ4n) is 4.20. The molecule has 1 aliphatic carbocycles. The molecule has 2 aromatic carbocycles. The molecule has 224 valence electrons. The third-order valence-electron chi connectivity index (χ3n) is 6.06. The number of aryl methyl sites for hydroxylation is 1. The van der Waals surface area contributed by atoms with Gasteiger partial charge >= 0.3 is 12.1 Å². The molecule has 5 N–H and O–H groups in total. The largest absolute Gasteiger partial charge is 0.493 e. The summed E-state index contributed by atoms with van der Waals surface area (Å²) in [6.45, 7) is 4.04. The number of nitrogens with zero attached hydrogens (tertiary/aromatic N) is 1. The van der Waals surface area contributed by atoms with Gasteiger partial charge in [0.25, 0.3) is 0 Å². The number of fused-ring (bicyclic) bond motifs is 1. The quantitative estimate of drug-likeness (QED) is 0.262. The van der Waals surface area contributed by atoms with Crippen molar-refractivity contribution in [3.63, 3.8) is 0 Å². The SMILES string of the molecule is COc1ccc(CC(=O)NC(N)=N[C@H](CC(C)C)C(=O)N[C@H]2CCc3ccccc32)cc1OC.O=C(O)C(F)(F)F. The van der Waals surface area contributed by atoms with Crippen LogP contribution < -0.4 is 25.8 Å². The Morgan fingerprint density at radius 1 is 1.10 bits per heavy atom. The molecule has 3 rings (SSSR count). The van der Waals surface area contributed by atoms with Crippen LogP contribution in [-0.4, -0.2) is 55.3 Å². The van der Waals surface area contributed by atoms with Gasteiger partial charge in [0.2, 0.25) is 11.8 Å². The highest BCUT2D eigenvalue weighted by molar-refractivity contribution is 5.98. The number of carbonyl (C=O) groups is 3. The molecule has 0 fully saturated rings. The zero-order chi connectivity index (χ0) is 30.7. The van der Waals surface area contributed by atoms with Gasteiger partial charge < -0.3 is 25.6 Å². The molecule has 0 saturated carbocycles. The first-order valence-electron chi connectivity index (χ1n) is 12.8. The van der Waals surface area contributed by atoms with Gasteiger partial charge in [-0.2, -0.15) is 13.2 Å². The minimum Gasteiger partial charge on any atom is -0.493 e. The van der Waals surface area contributed by atoms with Crippen LogP contribution in [0.25, 0.3) is 0 Å². The van der Waals surface area contributed by atoms with E-state index in [4.69, 9.17) is 25.1 Å². The second kappa shape index (κ2) is 14.9. The maximum Gasteiger partial charge on any atom is 0.490 e. The van der Waals surface area contributed by atoms with Crippen molar-refractivity contribution < 1.29 is 42.1 Å². The summed E-state index contributed by atoms with van der Waals surface area (Å²) >= 11 is 0. The van der Waals surface area contributed by atoms with Crippen LogP contribution in [0.15, 0.2) is 47.5 Å². The van der Waals surface area contributed by atoms with Crippen LogP contribution >= 0.6 is 0 Å². The lowest BCUT2D eigenvalue weighted by atomic mass is 10.0. The molecule has 1 aliphatic rings. The number of halogens is 3. The number of carboxylic acid groups (broad SMARTS) is 1. The summed E-state index contributed by atoms with van der Waals surface area (Å²) in [6, 6.07) is 12.7. The Labute approximate surface area is 236 Å². The predicted octanol–water partition coefficient (Wildman–Crippen LogP) is 3.53. The summed E-state index contributed by atoms with van der Waals surface area (Å²) in [4.78, 5) is 38.9. The lowest BCUT2D eigenvalue weighted by Crippen LogP contribution is -2.42. The van der Waals surface area contributed by atoms with Crippen LogP contribution in [-0.2, 0) is 27.2 Å². The molecular weight excluding hydrogens is 545 g/mol. The molecule has 0 bridgehead atoms. The van der Waals surface area contributed by atoms with Crippen molar-refractivity contribution in [2.75, 3.05) is 14.2 Å². The highest BCUT2D eigenvalue weighted by Gasteiger charge is 2.38. The van der Waals surface area contributed by atoms with Crippen LogP contribution in [0, 0.1) is 5.92 Å². The van der Waals surface area contributed by atoms with Crippen LogP contribution in [0.5, 0.6) is 11.5 Å². The van der Waals surface area contributed by atoms with Crippen molar-refractivity contribution in [3.8, 4) is 11.5 Å². The van der Waals surface area contributed by atoms with E-state index in [1.54, 1.807) is 25.3 Å². The van der Waals surface area contributed by atoms with Gasteiger partial charge in [-0.05, 0) is 54.0 Å². The number of carbonyl (C=O) groups excluding carboxylic acids is 2. The standard InChI is InChI=1S/C26H34N4O4.C2HF3O2/c1-16(2)13-21(25(32)28-20-11-10-18-7-5-6-8-19(18)20)29-26(27)30-24(31)15-17-9-12-22(33-3)23(14-17)34-4;3-2(4,5)1(6)7/h5-9,12,14,16,20-21H,10-11,13,15H2,1-4H3,(H,28,32)(H3,27,29,30,31);(H,6,7)/t20-,21+;/m0./s1. The zero-order valence-electron chi connectivity index (χ0n) is 23.2. The number of amides is 2. The maximum absolute atomic E-state index is 13.1. The fraction of sp³-hybridized carbons (Fsp3) is 0.429. The smallest absolute Gasteiger partial charge is 0.490 e. The number of methoxy groups -OCH3 is 2. The molecule has 2 amide bonds. The molecule has 0 heterocycles. The number of rotatable bonds is 9. The molecule has 0 radical (unpaired) electrons. The van der Waals surface area contributed by atoms with E-state index in [2.05, 4.69) is 27.8 Å². The Balaban J connectivity index is 0.000000745. The molecule has 0 aromatic heterocycles. The minimum atomic E-state index is -5.08. The number of hydrogen-bond acceptors (Lipinski definition) is 6. The van der Waals surface area contributed by atoms with Gasteiger partial charge in [0, 0.05) is 0 Å². The number of ether oxygens (including phenoxy) is 2. The number of nitrogens with two attached hydrogens (primary N) is 1. The normalized spacial score (nSPS) is 15.2. The average molecular weight is 581 g/mol. The van der Waals surface area contributed by atoms with Crippen LogP contribution in [0.4, 0.5) is 13.2 Å². The second-order valence-corrected chi connectivity index (χ2v) is 9.68. The third-order valence-corrected chi connectivity index (χ3v) is 6.06. The Morgan fingerprint density at radius 2 is 1.73 bits per heavy atom. The first-order valence-corrected chi connectivity index (χ1v) is 12.8. The lowest BCUT2D eigenvalue weighted by molar-refractivity contribution is -0.192. The van der Waals surface area contributed by atoms with E-state index in [9.17, 15) is 22.8 Å². The number of guanidine groups is 1. The topological polar surface area (TPSA) is 152 Å². The zero-order valence-corrected chi connectivity index (χ0v) is 23.2. The average Bonchev–Trinajstić information content (AvgIpc) is 3.30. The molecule has 0 saturated heterocycles. The molecule has 0 unspecified atom stereocenters. The molecule has 2 atom stereocenters. The van der Waals surface area contributed by atoms with Gasteiger partial charge in [-0.15, -0.1) is 0 Å². The molecule has 0 spiro atoms. The van der Waals surface area contributed by atoms with Gasteiger partial charge in [0.1, 0.15) is 6.04 Å². The van der Waals surface area contributed by atoms with Crippen molar-refractivity contribution in [3.05, 3.63) is 59.2 Å². The van der Waals surface area contributed by atoms with E-state index in [1.807, 2.05) is 26.0 Å². The van der Waals surface area contributed by atoms with Crippen LogP contribution in [0.2, 0.25) is 0 Å². The van der Waals surface area contributed by atoms with Crippen molar-refractivity contribution in [1.82, 2.24) is 10.6 Å². The van der Waals surface area contributed by atoms with Gasteiger partial charge in [0.15, 0.2) is 17.5 Å². The van der Waals surface area contributed by atoms with E-state index >= 15 is 0 Å². The number of hydrogen-bond donors (Lipinski definition) is 4. The molecule has 41 heavy (non-hydrogen) atoms. The van der Waals surface area contributed by atoms with Gasteiger partial charge in [-0.1, -0.05) is 44.2 Å². The number of aliphatic carboxylic acids is 1. The maximum atomic E-state index is 13.1. The molecule has 10 nitrogen and oxygen atoms in total. The highest BCUT2D eigenvalue weighted by atomic mass is 19.4. The van der Waals surface area contributed by atoms with Gasteiger partial charge in [-0.3, -0.25) is 14.9 Å². The number of benzene rings is 2. The molecule has 0 aliphatic heterocycles. The van der Waals surface area contributed by atoms with E-state index in [0.717, 1.165) is 24.0 Å². The summed E-state index contributed by atoms with van der Waals surface area (Å²) < 4.78 is 42.2.